The fourth-order valence-corrected chi connectivity index (χ4v) is 0.909. The molecule has 0 spiro atoms. The molecule has 0 saturated carbocycles. The van der Waals surface area contributed by atoms with Crippen LogP contribution in [0.2, 0.25) is 0 Å². The fourth-order valence-electron chi connectivity index (χ4n) is 0.909. The van der Waals surface area contributed by atoms with Gasteiger partial charge < -0.3 is 15.5 Å². The number of nitrogens with one attached hydrogen (secondary N) is 1. The van der Waals surface area contributed by atoms with Gasteiger partial charge in [-0.25, -0.2) is 0 Å². The van der Waals surface area contributed by atoms with Gasteiger partial charge in [-0.05, 0) is 19.8 Å². The lowest BCUT2D eigenvalue weighted by Gasteiger charge is -2.05. The zero-order chi connectivity index (χ0) is 11.0. The molecular formula is C9H17NO4. The van der Waals surface area contributed by atoms with Crippen molar-refractivity contribution in [2.45, 2.75) is 38.7 Å². The second kappa shape index (κ2) is 7.32. The average Bonchev–Trinajstić information content (AvgIpc) is 2.02. The minimum absolute atomic E-state index is 0.0177. The van der Waals surface area contributed by atoms with Gasteiger partial charge in [0.25, 0.3) is 0 Å². The summed E-state index contributed by atoms with van der Waals surface area (Å²) in [5.74, 6) is -1.05. The van der Waals surface area contributed by atoms with Gasteiger partial charge in [-0.2, -0.15) is 0 Å². The van der Waals surface area contributed by atoms with Crippen molar-refractivity contribution >= 4 is 11.9 Å². The minimum Gasteiger partial charge on any atom is -0.481 e. The Kier molecular flexibility index (Phi) is 6.74. The van der Waals surface area contributed by atoms with Crippen LogP contribution < -0.4 is 5.32 Å². The van der Waals surface area contributed by atoms with Crippen LogP contribution in [0.1, 0.15) is 32.6 Å². The second-order valence-electron chi connectivity index (χ2n) is 3.23. The fraction of sp³-hybridized carbons (Fsp3) is 0.778. The highest BCUT2D eigenvalue weighted by atomic mass is 16.4. The van der Waals surface area contributed by atoms with Crippen LogP contribution in [0.25, 0.3) is 0 Å². The zero-order valence-corrected chi connectivity index (χ0v) is 8.32. The normalized spacial score (nSPS) is 12.1. The van der Waals surface area contributed by atoms with E-state index in [0.29, 0.717) is 19.4 Å². The van der Waals surface area contributed by atoms with Gasteiger partial charge in [0.15, 0.2) is 0 Å². The van der Waals surface area contributed by atoms with E-state index in [4.69, 9.17) is 10.2 Å². The van der Waals surface area contributed by atoms with Crippen LogP contribution >= 0.6 is 0 Å². The largest absolute Gasteiger partial charge is 0.481 e. The number of carbonyl (C=O) groups excluding carboxylic acids is 1. The van der Waals surface area contributed by atoms with Gasteiger partial charge in [0.05, 0.1) is 6.10 Å². The molecule has 0 bridgehead atoms. The van der Waals surface area contributed by atoms with Crippen LogP contribution in [-0.2, 0) is 9.59 Å². The summed E-state index contributed by atoms with van der Waals surface area (Å²) in [7, 11) is 0. The summed E-state index contributed by atoms with van der Waals surface area (Å²) in [6.45, 7) is 2.08. The van der Waals surface area contributed by atoms with Crippen molar-refractivity contribution in [3.05, 3.63) is 0 Å². The highest BCUT2D eigenvalue weighted by molar-refractivity contribution is 5.76. The van der Waals surface area contributed by atoms with Crippen molar-refractivity contribution in [1.29, 1.82) is 0 Å². The predicted molar refractivity (Wildman–Crippen MR) is 50.8 cm³/mol. The summed E-state index contributed by atoms with van der Waals surface area (Å²) in [6.07, 6.45) is 0.700. The molecule has 82 valence electrons. The first kappa shape index (κ1) is 12.9. The number of hydrogen-bond acceptors (Lipinski definition) is 3. The molecule has 0 aliphatic rings. The van der Waals surface area contributed by atoms with E-state index in [1.807, 2.05) is 0 Å². The molecule has 0 aromatic carbocycles. The summed E-state index contributed by atoms with van der Waals surface area (Å²) in [5.41, 5.74) is 0. The van der Waals surface area contributed by atoms with Crippen LogP contribution in [0.15, 0.2) is 0 Å². The highest BCUT2D eigenvalue weighted by Gasteiger charge is 2.03. The molecule has 0 radical (unpaired) electrons. The summed E-state index contributed by atoms with van der Waals surface area (Å²) in [4.78, 5) is 21.1. The van der Waals surface area contributed by atoms with E-state index in [1.165, 1.54) is 0 Å². The standard InChI is InChI=1S/C9H17NO4/c1-7(11)5-6-10-8(12)3-2-4-9(13)14/h7,11H,2-6H2,1H3,(H,10,12)(H,13,14). The van der Waals surface area contributed by atoms with Crippen LogP contribution in [0.5, 0.6) is 0 Å². The molecule has 0 aromatic rings. The molecular weight excluding hydrogens is 186 g/mol. The molecule has 5 heteroatoms. The first-order chi connectivity index (χ1) is 6.52. The maximum Gasteiger partial charge on any atom is 0.303 e. The average molecular weight is 203 g/mol. The van der Waals surface area contributed by atoms with E-state index in [1.54, 1.807) is 6.92 Å². The molecule has 0 saturated heterocycles. The van der Waals surface area contributed by atoms with Crippen molar-refractivity contribution in [1.82, 2.24) is 5.32 Å². The van der Waals surface area contributed by atoms with E-state index < -0.39 is 12.1 Å². The van der Waals surface area contributed by atoms with Gasteiger partial charge >= 0.3 is 5.97 Å². The Morgan fingerprint density at radius 2 is 2.00 bits per heavy atom. The predicted octanol–water partition coefficient (Wildman–Crippen LogP) is 0.128. The Labute approximate surface area is 83.1 Å². The van der Waals surface area contributed by atoms with E-state index in [-0.39, 0.29) is 18.7 Å². The zero-order valence-electron chi connectivity index (χ0n) is 8.32. The molecule has 3 N–H and O–H groups in total. The third-order valence-electron chi connectivity index (χ3n) is 1.68. The topological polar surface area (TPSA) is 86.6 Å². The van der Waals surface area contributed by atoms with E-state index in [9.17, 15) is 9.59 Å². The van der Waals surface area contributed by atoms with Crippen molar-refractivity contribution in [3.8, 4) is 0 Å². The Morgan fingerprint density at radius 1 is 1.36 bits per heavy atom. The molecule has 1 amide bonds. The van der Waals surface area contributed by atoms with Gasteiger partial charge in [0.2, 0.25) is 5.91 Å². The molecule has 5 nitrogen and oxygen atoms in total. The quantitative estimate of drug-likeness (QED) is 0.549. The third kappa shape index (κ3) is 8.99. The van der Waals surface area contributed by atoms with E-state index >= 15 is 0 Å². The Hall–Kier alpha value is -1.10. The molecule has 14 heavy (non-hydrogen) atoms. The number of aliphatic carboxylic acids is 1. The Balaban J connectivity index is 3.33. The van der Waals surface area contributed by atoms with Crippen molar-refractivity contribution in [2.75, 3.05) is 6.54 Å². The molecule has 0 fully saturated rings. The van der Waals surface area contributed by atoms with E-state index in [2.05, 4.69) is 5.32 Å². The lowest BCUT2D eigenvalue weighted by molar-refractivity contribution is -0.137. The minimum atomic E-state index is -0.887. The van der Waals surface area contributed by atoms with Gasteiger partial charge in [-0.15, -0.1) is 0 Å². The SMILES string of the molecule is CC(O)CCNC(=O)CCCC(=O)O. The number of rotatable bonds is 7. The van der Waals surface area contributed by atoms with E-state index in [0.717, 1.165) is 0 Å². The molecule has 1 unspecified atom stereocenters. The smallest absolute Gasteiger partial charge is 0.303 e. The molecule has 0 heterocycles. The maximum absolute atomic E-state index is 11.0. The van der Waals surface area contributed by atoms with Crippen molar-refractivity contribution in [2.24, 2.45) is 0 Å². The number of hydrogen-bond donors (Lipinski definition) is 3. The number of aliphatic hydroxyl groups excluding tert-OH is 1. The maximum atomic E-state index is 11.0. The lowest BCUT2D eigenvalue weighted by Crippen LogP contribution is -2.26. The number of aliphatic hydroxyl groups is 1. The summed E-state index contributed by atoms with van der Waals surface area (Å²) < 4.78 is 0. The Bertz CT molecular complexity index is 191. The Morgan fingerprint density at radius 3 is 2.50 bits per heavy atom. The first-order valence-corrected chi connectivity index (χ1v) is 4.69. The third-order valence-corrected chi connectivity index (χ3v) is 1.68. The van der Waals surface area contributed by atoms with Gasteiger partial charge in [-0.1, -0.05) is 0 Å². The number of carbonyl (C=O) groups is 2. The van der Waals surface area contributed by atoms with Crippen molar-refractivity contribution in [3.63, 3.8) is 0 Å². The second-order valence-corrected chi connectivity index (χ2v) is 3.23. The molecule has 0 aromatic heterocycles. The number of carboxylic acids is 1. The monoisotopic (exact) mass is 203 g/mol. The van der Waals surface area contributed by atoms with Crippen LogP contribution in [0, 0.1) is 0 Å². The first-order valence-electron chi connectivity index (χ1n) is 4.69. The van der Waals surface area contributed by atoms with Crippen LogP contribution in [-0.4, -0.2) is 34.7 Å². The highest BCUT2D eigenvalue weighted by Crippen LogP contribution is 1.95. The van der Waals surface area contributed by atoms with Crippen LogP contribution in [0.4, 0.5) is 0 Å². The molecule has 0 aliphatic heterocycles. The summed E-state index contributed by atoms with van der Waals surface area (Å²) in [6, 6.07) is 0. The summed E-state index contributed by atoms with van der Waals surface area (Å²) >= 11 is 0. The number of amides is 1. The van der Waals surface area contributed by atoms with Crippen molar-refractivity contribution < 1.29 is 19.8 Å². The molecule has 0 aliphatic carbocycles. The van der Waals surface area contributed by atoms with Crippen LogP contribution in [0.3, 0.4) is 0 Å². The molecule has 0 rings (SSSR count). The summed E-state index contributed by atoms with van der Waals surface area (Å²) in [5, 5.41) is 19.8. The van der Waals surface area contributed by atoms with Gasteiger partial charge in [0, 0.05) is 19.4 Å². The molecule has 1 atom stereocenters. The number of carboxylic acid groups (broad SMARTS) is 1. The lowest BCUT2D eigenvalue weighted by atomic mass is 10.2. The van der Waals surface area contributed by atoms with Gasteiger partial charge in [0.1, 0.15) is 0 Å². The van der Waals surface area contributed by atoms with Gasteiger partial charge in [-0.3, -0.25) is 9.59 Å².